The Morgan fingerprint density at radius 1 is 0.944 bits per heavy atom. The Bertz CT molecular complexity index is 358. The van der Waals surface area contributed by atoms with Gasteiger partial charge in [0.05, 0.1) is 0 Å². The van der Waals surface area contributed by atoms with Crippen LogP contribution in [0.4, 0.5) is 0 Å². The first-order chi connectivity index (χ1) is 8.22. The molecule has 0 fully saturated rings. The summed E-state index contributed by atoms with van der Waals surface area (Å²) < 4.78 is 5.97. The molecule has 1 rings (SSSR count). The molecular weight excluding hydrogens is 252 g/mol. The van der Waals surface area contributed by atoms with Gasteiger partial charge in [-0.25, -0.2) is 0 Å². The Hall–Kier alpha value is -0.906. The van der Waals surface area contributed by atoms with Crippen molar-refractivity contribution in [1.82, 2.24) is 0 Å². The zero-order valence-corrected chi connectivity index (χ0v) is 14.4. The van der Waals surface area contributed by atoms with Gasteiger partial charge >= 0.3 is 0 Å². The van der Waals surface area contributed by atoms with Crippen molar-refractivity contribution < 1.29 is 4.12 Å². The highest BCUT2D eigenvalue weighted by atomic mass is 28.4. The van der Waals surface area contributed by atoms with Crippen molar-refractivity contribution in [3.8, 4) is 0 Å². The minimum atomic E-state index is -1.74. The molecule has 0 amide bonds. The summed E-state index contributed by atoms with van der Waals surface area (Å²) in [6.45, 7) is 18.3. The standard InChI is InChI=1S/C8H18OSi2.C7H8/c1-7-11(6,8-2)9-10(3,4)5;1-7-5-3-2-4-6-7/h7-8H,1-2H2,3-6H3;2-6H,1H3. The fourth-order valence-corrected chi connectivity index (χ4v) is 7.47. The first-order valence-electron chi connectivity index (χ1n) is 6.21. The highest BCUT2D eigenvalue weighted by Gasteiger charge is 2.28. The van der Waals surface area contributed by atoms with Gasteiger partial charge in [-0.1, -0.05) is 47.3 Å². The summed E-state index contributed by atoms with van der Waals surface area (Å²) >= 11 is 0. The van der Waals surface area contributed by atoms with Crippen LogP contribution in [0, 0.1) is 6.92 Å². The van der Waals surface area contributed by atoms with Crippen LogP contribution in [0.3, 0.4) is 0 Å². The molecule has 0 unspecified atom stereocenters. The summed E-state index contributed by atoms with van der Waals surface area (Å²) in [5, 5.41) is 0. The molecule has 0 aliphatic rings. The molecule has 0 saturated heterocycles. The van der Waals surface area contributed by atoms with E-state index in [2.05, 4.69) is 58.4 Å². The highest BCUT2D eigenvalue weighted by molar-refractivity contribution is 6.90. The molecule has 0 bridgehead atoms. The lowest BCUT2D eigenvalue weighted by molar-refractivity contribution is 0.571. The van der Waals surface area contributed by atoms with Gasteiger partial charge in [0.2, 0.25) is 8.32 Å². The number of rotatable bonds is 4. The van der Waals surface area contributed by atoms with Gasteiger partial charge in [-0.3, -0.25) is 0 Å². The molecule has 0 heterocycles. The number of hydrogen-bond donors (Lipinski definition) is 0. The maximum atomic E-state index is 5.97. The van der Waals surface area contributed by atoms with Gasteiger partial charge < -0.3 is 4.12 Å². The van der Waals surface area contributed by atoms with Crippen LogP contribution in [-0.4, -0.2) is 16.6 Å². The first-order valence-corrected chi connectivity index (χ1v) is 12.2. The molecule has 1 aromatic carbocycles. The van der Waals surface area contributed by atoms with Gasteiger partial charge in [0.15, 0.2) is 8.32 Å². The Morgan fingerprint density at radius 3 is 1.56 bits per heavy atom. The molecule has 100 valence electrons. The van der Waals surface area contributed by atoms with E-state index in [0.717, 1.165) is 0 Å². The molecular formula is C15H26OSi2. The molecule has 3 heteroatoms. The maximum absolute atomic E-state index is 5.97. The first kappa shape index (κ1) is 17.1. The van der Waals surface area contributed by atoms with Crippen molar-refractivity contribution in [1.29, 1.82) is 0 Å². The average molecular weight is 279 g/mol. The molecule has 18 heavy (non-hydrogen) atoms. The summed E-state index contributed by atoms with van der Waals surface area (Å²) in [6.07, 6.45) is 0. The number of aryl methyl sites for hydroxylation is 1. The normalized spacial score (nSPS) is 11.2. The third kappa shape index (κ3) is 8.22. The summed E-state index contributed by atoms with van der Waals surface area (Å²) in [6, 6.07) is 10.3. The minimum absolute atomic E-state index is 1.32. The van der Waals surface area contributed by atoms with E-state index in [9.17, 15) is 0 Å². The smallest absolute Gasteiger partial charge is 0.226 e. The molecule has 0 aliphatic heterocycles. The van der Waals surface area contributed by atoms with E-state index in [0.29, 0.717) is 0 Å². The van der Waals surface area contributed by atoms with Crippen molar-refractivity contribution in [3.05, 3.63) is 60.5 Å². The second-order valence-electron chi connectivity index (χ2n) is 5.46. The summed E-state index contributed by atoms with van der Waals surface area (Å²) in [5.41, 5.74) is 5.18. The van der Waals surface area contributed by atoms with Crippen molar-refractivity contribution in [3.63, 3.8) is 0 Å². The molecule has 0 N–H and O–H groups in total. The lowest BCUT2D eigenvalue weighted by atomic mass is 10.2. The molecule has 0 spiro atoms. The van der Waals surface area contributed by atoms with Crippen molar-refractivity contribution >= 4 is 16.6 Å². The minimum Gasteiger partial charge on any atom is -0.450 e. The van der Waals surface area contributed by atoms with Gasteiger partial charge in [-0.2, -0.15) is 0 Å². The quantitative estimate of drug-likeness (QED) is 0.715. The van der Waals surface area contributed by atoms with E-state index in [1.807, 2.05) is 29.6 Å². The molecule has 0 atom stereocenters. The van der Waals surface area contributed by atoms with Gasteiger partial charge in [0, 0.05) is 0 Å². The zero-order valence-electron chi connectivity index (χ0n) is 12.4. The van der Waals surface area contributed by atoms with Crippen LogP contribution in [0.5, 0.6) is 0 Å². The molecule has 1 nitrogen and oxygen atoms in total. The van der Waals surface area contributed by atoms with Crippen molar-refractivity contribution in [2.45, 2.75) is 33.1 Å². The molecule has 0 aromatic heterocycles. The van der Waals surface area contributed by atoms with Gasteiger partial charge in [0.25, 0.3) is 0 Å². The Balaban J connectivity index is 0.000000351. The Kier molecular flexibility index (Phi) is 7.13. The summed E-state index contributed by atoms with van der Waals surface area (Å²) in [7, 11) is -3.16. The average Bonchev–Trinajstić information content (AvgIpc) is 2.29. The monoisotopic (exact) mass is 278 g/mol. The van der Waals surface area contributed by atoms with Crippen LogP contribution < -0.4 is 0 Å². The lowest BCUT2D eigenvalue weighted by Gasteiger charge is -2.29. The van der Waals surface area contributed by atoms with Crippen LogP contribution in [0.1, 0.15) is 5.56 Å². The van der Waals surface area contributed by atoms with Gasteiger partial charge in [0.1, 0.15) is 0 Å². The fourth-order valence-electron chi connectivity index (χ4n) is 1.36. The van der Waals surface area contributed by atoms with Crippen LogP contribution in [0.25, 0.3) is 0 Å². The number of benzene rings is 1. The van der Waals surface area contributed by atoms with E-state index in [1.54, 1.807) is 0 Å². The van der Waals surface area contributed by atoms with Crippen LogP contribution >= 0.6 is 0 Å². The SMILES string of the molecule is C=C[Si](C)(C=C)O[Si](C)(C)C.Cc1ccccc1. The summed E-state index contributed by atoms with van der Waals surface area (Å²) in [5.74, 6) is 0. The Labute approximate surface area is 114 Å². The third-order valence-corrected chi connectivity index (χ3v) is 8.11. The molecule has 0 saturated carbocycles. The van der Waals surface area contributed by atoms with Crippen molar-refractivity contribution in [2.24, 2.45) is 0 Å². The van der Waals surface area contributed by atoms with E-state index in [-0.39, 0.29) is 0 Å². The second-order valence-corrected chi connectivity index (χ2v) is 13.7. The highest BCUT2D eigenvalue weighted by Crippen LogP contribution is 2.15. The van der Waals surface area contributed by atoms with E-state index >= 15 is 0 Å². The number of hydrogen-bond acceptors (Lipinski definition) is 1. The largest absolute Gasteiger partial charge is 0.450 e. The van der Waals surface area contributed by atoms with Crippen LogP contribution in [0.2, 0.25) is 26.2 Å². The third-order valence-electron chi connectivity index (χ3n) is 2.28. The topological polar surface area (TPSA) is 9.23 Å². The van der Waals surface area contributed by atoms with Crippen LogP contribution in [-0.2, 0) is 4.12 Å². The van der Waals surface area contributed by atoms with E-state index in [4.69, 9.17) is 4.12 Å². The van der Waals surface area contributed by atoms with Gasteiger partial charge in [-0.15, -0.1) is 13.2 Å². The van der Waals surface area contributed by atoms with Crippen LogP contribution in [0.15, 0.2) is 54.9 Å². The molecule has 1 aromatic rings. The second kappa shape index (κ2) is 7.51. The predicted molar refractivity (Wildman–Crippen MR) is 87.6 cm³/mol. The summed E-state index contributed by atoms with van der Waals surface area (Å²) in [4.78, 5) is 0. The maximum Gasteiger partial charge on any atom is 0.226 e. The van der Waals surface area contributed by atoms with Gasteiger partial charge in [-0.05, 0) is 33.1 Å². The lowest BCUT2D eigenvalue weighted by Crippen LogP contribution is -2.41. The fraction of sp³-hybridized carbons (Fsp3) is 0.333. The Morgan fingerprint density at radius 2 is 1.39 bits per heavy atom. The zero-order chi connectivity index (χ0) is 14.2. The molecule has 0 aliphatic carbocycles. The molecule has 0 radical (unpaired) electrons. The predicted octanol–water partition coefficient (Wildman–Crippen LogP) is 4.86. The van der Waals surface area contributed by atoms with E-state index < -0.39 is 16.6 Å². The van der Waals surface area contributed by atoms with E-state index in [1.165, 1.54) is 5.56 Å². The van der Waals surface area contributed by atoms with Crippen molar-refractivity contribution in [2.75, 3.05) is 0 Å².